The molecule has 0 atom stereocenters. The highest BCUT2D eigenvalue weighted by Gasteiger charge is 2.25. The van der Waals surface area contributed by atoms with E-state index < -0.39 is 17.7 Å². The van der Waals surface area contributed by atoms with Gasteiger partial charge in [-0.2, -0.15) is 5.10 Å². The summed E-state index contributed by atoms with van der Waals surface area (Å²) in [5.74, 6) is 0.703. The number of carbonyl (C=O) groups excluding carboxylic acids is 2. The predicted octanol–water partition coefficient (Wildman–Crippen LogP) is 9.10. The van der Waals surface area contributed by atoms with Crippen LogP contribution in [0.3, 0.4) is 0 Å². The van der Waals surface area contributed by atoms with Crippen LogP contribution in [0.1, 0.15) is 82.9 Å². The summed E-state index contributed by atoms with van der Waals surface area (Å²) in [6.45, 7) is 23.4. The average molecular weight is 671 g/mol. The van der Waals surface area contributed by atoms with E-state index in [2.05, 4.69) is 77.6 Å². The van der Waals surface area contributed by atoms with E-state index in [1.54, 1.807) is 39.8 Å². The van der Waals surface area contributed by atoms with Crippen molar-refractivity contribution in [3.8, 4) is 16.9 Å². The molecule has 0 aliphatic heterocycles. The molecule has 0 saturated carbocycles. The molecular weight excluding hydrogens is 622 g/mol. The van der Waals surface area contributed by atoms with Gasteiger partial charge < -0.3 is 19.5 Å². The van der Waals surface area contributed by atoms with Crippen molar-refractivity contribution >= 4 is 28.0 Å². The molecule has 3 rings (SSSR count). The molecule has 0 aliphatic carbocycles. The Bertz CT molecular complexity index is 1320. The number of ether oxygens (including phenoxy) is 3. The van der Waals surface area contributed by atoms with Crippen molar-refractivity contribution in [1.82, 2.24) is 15.1 Å². The number of hydrogen-bond acceptors (Lipinski definition) is 6. The summed E-state index contributed by atoms with van der Waals surface area (Å²) in [7, 11) is 0. The minimum atomic E-state index is -0.601. The zero-order chi connectivity index (χ0) is 33.3. The van der Waals surface area contributed by atoms with E-state index in [4.69, 9.17) is 14.2 Å². The average Bonchev–Trinajstić information content (AvgIpc) is 3.32. The minimum absolute atomic E-state index is 0.222. The standard InChI is InChI=1S/C29H36BrN3O5.C4H6.C2H6/c1-7-36-27(34)25-24(26(30)32-33(25)17-16-31-28(35)38-29(4,5)6)22-12-14-23(15-13-22)37-18-20-8-10-21(11-9-20)19(2)3;1-3-4-2;1-2/h8-15,19H,7,16-18H2,1-6H3,(H,31,35);3-4H,1-2H2;1-2H3. The molecule has 1 aromatic heterocycles. The van der Waals surface area contributed by atoms with Gasteiger partial charge in [-0.25, -0.2) is 9.59 Å². The van der Waals surface area contributed by atoms with Crippen LogP contribution in [-0.2, 0) is 22.6 Å². The van der Waals surface area contributed by atoms with Gasteiger partial charge in [-0.3, -0.25) is 4.68 Å². The van der Waals surface area contributed by atoms with Crippen molar-refractivity contribution in [3.63, 3.8) is 0 Å². The van der Waals surface area contributed by atoms with Crippen LogP contribution in [-0.4, -0.2) is 40.6 Å². The molecule has 0 spiro atoms. The lowest BCUT2D eigenvalue weighted by Crippen LogP contribution is -2.34. The number of carbonyl (C=O) groups is 2. The quantitative estimate of drug-likeness (QED) is 0.162. The number of halogens is 1. The van der Waals surface area contributed by atoms with E-state index in [9.17, 15) is 9.59 Å². The third-order valence-electron chi connectivity index (χ3n) is 5.73. The van der Waals surface area contributed by atoms with Gasteiger partial charge in [0, 0.05) is 12.1 Å². The molecule has 1 N–H and O–H groups in total. The topological polar surface area (TPSA) is 91.7 Å². The molecule has 0 unspecified atom stereocenters. The molecule has 0 radical (unpaired) electrons. The molecule has 0 fully saturated rings. The largest absolute Gasteiger partial charge is 0.489 e. The Balaban J connectivity index is 0.00000149. The van der Waals surface area contributed by atoms with Crippen molar-refractivity contribution in [2.24, 2.45) is 0 Å². The second-order valence-corrected chi connectivity index (χ2v) is 11.3. The number of allylic oxidation sites excluding steroid dienone is 2. The van der Waals surface area contributed by atoms with Crippen LogP contribution in [0.25, 0.3) is 11.1 Å². The van der Waals surface area contributed by atoms with Crippen LogP contribution < -0.4 is 10.1 Å². The Labute approximate surface area is 271 Å². The number of nitrogens with zero attached hydrogens (tertiary/aromatic N) is 2. The maximum absolute atomic E-state index is 12.9. The number of nitrogens with one attached hydrogen (secondary N) is 1. The Morgan fingerprint density at radius 1 is 1.02 bits per heavy atom. The van der Waals surface area contributed by atoms with E-state index in [1.807, 2.05) is 38.1 Å². The summed E-state index contributed by atoms with van der Waals surface area (Å²) in [6, 6.07) is 15.9. The molecule has 0 saturated heterocycles. The lowest BCUT2D eigenvalue weighted by Gasteiger charge is -2.19. The number of alkyl carbamates (subject to hydrolysis) is 1. The van der Waals surface area contributed by atoms with Crippen LogP contribution in [0.15, 0.2) is 78.4 Å². The second-order valence-electron chi connectivity index (χ2n) is 10.6. The van der Waals surface area contributed by atoms with Crippen molar-refractivity contribution in [1.29, 1.82) is 0 Å². The molecule has 1 heterocycles. The molecule has 1 amide bonds. The number of benzene rings is 2. The van der Waals surface area contributed by atoms with Crippen molar-refractivity contribution in [2.75, 3.05) is 13.2 Å². The van der Waals surface area contributed by atoms with Gasteiger partial charge in [-0.15, -0.1) is 0 Å². The zero-order valence-corrected chi connectivity index (χ0v) is 29.0. The zero-order valence-electron chi connectivity index (χ0n) is 27.4. The van der Waals surface area contributed by atoms with E-state index in [1.165, 1.54) is 10.2 Å². The van der Waals surface area contributed by atoms with E-state index in [-0.39, 0.29) is 19.7 Å². The number of rotatable bonds is 11. The fourth-order valence-corrected chi connectivity index (χ4v) is 4.33. The Morgan fingerprint density at radius 3 is 2.11 bits per heavy atom. The first-order valence-corrected chi connectivity index (χ1v) is 15.6. The monoisotopic (exact) mass is 669 g/mol. The molecule has 44 heavy (non-hydrogen) atoms. The molecule has 3 aromatic rings. The third kappa shape index (κ3) is 12.8. The SMILES string of the molecule is C=CC=C.CC.CCOC(=O)c1c(-c2ccc(OCc3ccc(C(C)C)cc3)cc2)c(Br)nn1CCNC(=O)OC(C)(C)C. The molecule has 0 aliphatic rings. The maximum atomic E-state index is 12.9. The van der Waals surface area contributed by atoms with Crippen LogP contribution in [0.4, 0.5) is 4.79 Å². The van der Waals surface area contributed by atoms with E-state index in [0.29, 0.717) is 34.1 Å². The van der Waals surface area contributed by atoms with Crippen LogP contribution in [0, 0.1) is 0 Å². The molecule has 0 bridgehead atoms. The van der Waals surface area contributed by atoms with E-state index >= 15 is 0 Å². The smallest absolute Gasteiger partial charge is 0.407 e. The number of aromatic nitrogens is 2. The van der Waals surface area contributed by atoms with Gasteiger partial charge in [0.1, 0.15) is 22.6 Å². The fraction of sp³-hybridized carbons (Fsp3) is 0.400. The highest BCUT2D eigenvalue weighted by Crippen LogP contribution is 2.33. The van der Waals surface area contributed by atoms with Gasteiger partial charge in [0.2, 0.25) is 0 Å². The number of esters is 1. The fourth-order valence-electron chi connectivity index (χ4n) is 3.72. The Hall–Kier alpha value is -3.85. The van der Waals surface area contributed by atoms with Crippen LogP contribution >= 0.6 is 15.9 Å². The Morgan fingerprint density at radius 2 is 1.61 bits per heavy atom. The van der Waals surface area contributed by atoms with Crippen LogP contribution in [0.5, 0.6) is 5.75 Å². The summed E-state index contributed by atoms with van der Waals surface area (Å²) in [5.41, 5.74) is 3.46. The maximum Gasteiger partial charge on any atom is 0.407 e. The van der Waals surface area contributed by atoms with Gasteiger partial charge in [0.15, 0.2) is 5.69 Å². The summed E-state index contributed by atoms with van der Waals surface area (Å²) in [5, 5.41) is 7.18. The highest BCUT2D eigenvalue weighted by molar-refractivity contribution is 9.10. The first-order valence-electron chi connectivity index (χ1n) is 14.9. The summed E-state index contributed by atoms with van der Waals surface area (Å²) in [6.07, 6.45) is 2.74. The first-order chi connectivity index (χ1) is 20.9. The predicted molar refractivity (Wildman–Crippen MR) is 182 cm³/mol. The Kier molecular flexibility index (Phi) is 16.9. The highest BCUT2D eigenvalue weighted by atomic mass is 79.9. The van der Waals surface area contributed by atoms with Crippen LogP contribution in [0.2, 0.25) is 0 Å². The molecular formula is C35H48BrN3O5. The van der Waals surface area contributed by atoms with E-state index in [0.717, 1.165) is 11.1 Å². The number of amides is 1. The third-order valence-corrected chi connectivity index (χ3v) is 6.29. The number of hydrogen-bond donors (Lipinski definition) is 1. The summed E-state index contributed by atoms with van der Waals surface area (Å²) >= 11 is 3.50. The first kappa shape index (κ1) is 38.2. The minimum Gasteiger partial charge on any atom is -0.489 e. The van der Waals surface area contributed by atoms with Crippen molar-refractivity contribution < 1.29 is 23.8 Å². The summed E-state index contributed by atoms with van der Waals surface area (Å²) < 4.78 is 18.6. The van der Waals surface area contributed by atoms with Gasteiger partial charge in [-0.05, 0) is 78.4 Å². The lowest BCUT2D eigenvalue weighted by molar-refractivity contribution is 0.0513. The van der Waals surface area contributed by atoms with Gasteiger partial charge in [0.05, 0.1) is 13.2 Å². The van der Waals surface area contributed by atoms with Crippen molar-refractivity contribution in [2.45, 2.75) is 80.1 Å². The molecule has 2 aromatic carbocycles. The van der Waals surface area contributed by atoms with Gasteiger partial charge in [0.25, 0.3) is 0 Å². The molecule has 8 nitrogen and oxygen atoms in total. The lowest BCUT2D eigenvalue weighted by atomic mass is 10.0. The van der Waals surface area contributed by atoms with Gasteiger partial charge in [-0.1, -0.05) is 89.4 Å². The normalized spacial score (nSPS) is 10.4. The van der Waals surface area contributed by atoms with Gasteiger partial charge >= 0.3 is 12.1 Å². The van der Waals surface area contributed by atoms with Crippen molar-refractivity contribution in [3.05, 3.63) is 95.3 Å². The molecule has 9 heteroatoms. The molecule has 240 valence electrons. The second kappa shape index (κ2) is 19.4. The summed E-state index contributed by atoms with van der Waals surface area (Å²) in [4.78, 5) is 24.9.